The van der Waals surface area contributed by atoms with Gasteiger partial charge >= 0.3 is 0 Å². The first kappa shape index (κ1) is 15.6. The SMILES string of the molecule is Cc1cc(C(=O)N[C@@H]2CCCc3c2cnn3-c2ccncc2)c(C)o1. The molecular formula is C19H20N4O2. The van der Waals surface area contributed by atoms with Gasteiger partial charge in [0.05, 0.1) is 23.5 Å². The van der Waals surface area contributed by atoms with E-state index in [0.717, 1.165) is 42.0 Å². The van der Waals surface area contributed by atoms with E-state index in [1.54, 1.807) is 18.5 Å². The van der Waals surface area contributed by atoms with Crippen molar-refractivity contribution >= 4 is 5.91 Å². The van der Waals surface area contributed by atoms with Gasteiger partial charge in [0.1, 0.15) is 11.5 Å². The molecule has 0 spiro atoms. The van der Waals surface area contributed by atoms with E-state index in [0.29, 0.717) is 11.3 Å². The van der Waals surface area contributed by atoms with Gasteiger partial charge in [0.25, 0.3) is 5.91 Å². The summed E-state index contributed by atoms with van der Waals surface area (Å²) in [7, 11) is 0. The molecule has 3 aromatic rings. The van der Waals surface area contributed by atoms with Gasteiger partial charge in [0.15, 0.2) is 0 Å². The second-order valence-corrected chi connectivity index (χ2v) is 6.41. The minimum atomic E-state index is -0.0936. The Bertz CT molecular complexity index is 911. The summed E-state index contributed by atoms with van der Waals surface area (Å²) in [6, 6.07) is 5.64. The van der Waals surface area contributed by atoms with Gasteiger partial charge in [-0.05, 0) is 51.3 Å². The van der Waals surface area contributed by atoms with E-state index in [1.807, 2.05) is 36.9 Å². The molecule has 0 fully saturated rings. The van der Waals surface area contributed by atoms with E-state index in [-0.39, 0.29) is 11.9 Å². The molecule has 1 aliphatic rings. The largest absolute Gasteiger partial charge is 0.466 e. The Balaban J connectivity index is 1.61. The molecule has 3 aromatic heterocycles. The van der Waals surface area contributed by atoms with Crippen molar-refractivity contribution in [2.45, 2.75) is 39.2 Å². The predicted molar refractivity (Wildman–Crippen MR) is 92.7 cm³/mol. The van der Waals surface area contributed by atoms with Gasteiger partial charge in [0, 0.05) is 23.7 Å². The molecule has 0 unspecified atom stereocenters. The minimum absolute atomic E-state index is 0.0264. The van der Waals surface area contributed by atoms with Crippen molar-refractivity contribution in [2.75, 3.05) is 0 Å². The summed E-state index contributed by atoms with van der Waals surface area (Å²) in [5, 5.41) is 7.68. The molecule has 0 bridgehead atoms. The Morgan fingerprint density at radius 1 is 1.32 bits per heavy atom. The summed E-state index contributed by atoms with van der Waals surface area (Å²) in [5.41, 5.74) is 3.84. The van der Waals surface area contributed by atoms with Crippen LogP contribution in [0.3, 0.4) is 0 Å². The maximum atomic E-state index is 12.6. The molecule has 0 aliphatic heterocycles. The summed E-state index contributed by atoms with van der Waals surface area (Å²) in [5.74, 6) is 1.31. The van der Waals surface area contributed by atoms with Crippen LogP contribution in [-0.4, -0.2) is 20.7 Å². The van der Waals surface area contributed by atoms with Gasteiger partial charge in [-0.3, -0.25) is 9.78 Å². The third kappa shape index (κ3) is 2.84. The van der Waals surface area contributed by atoms with E-state index in [4.69, 9.17) is 4.42 Å². The lowest BCUT2D eigenvalue weighted by molar-refractivity contribution is 0.0931. The van der Waals surface area contributed by atoms with E-state index >= 15 is 0 Å². The molecule has 1 atom stereocenters. The average molecular weight is 336 g/mol. The quantitative estimate of drug-likeness (QED) is 0.796. The Morgan fingerprint density at radius 2 is 2.12 bits per heavy atom. The highest BCUT2D eigenvalue weighted by Crippen LogP contribution is 2.31. The number of nitrogens with zero attached hydrogens (tertiary/aromatic N) is 3. The number of fused-ring (bicyclic) bond motifs is 1. The van der Waals surface area contributed by atoms with Crippen molar-refractivity contribution in [3.05, 3.63) is 65.1 Å². The molecular weight excluding hydrogens is 316 g/mol. The maximum Gasteiger partial charge on any atom is 0.255 e. The van der Waals surface area contributed by atoms with Crippen LogP contribution in [0.25, 0.3) is 5.69 Å². The lowest BCUT2D eigenvalue weighted by Crippen LogP contribution is -2.31. The molecule has 0 aromatic carbocycles. The fourth-order valence-corrected chi connectivity index (χ4v) is 3.51. The van der Waals surface area contributed by atoms with Crippen LogP contribution in [0, 0.1) is 13.8 Å². The Morgan fingerprint density at radius 3 is 2.84 bits per heavy atom. The maximum absolute atomic E-state index is 12.6. The molecule has 1 amide bonds. The standard InChI is InChI=1S/C19H20N4O2/c1-12-10-15(13(2)25-12)19(24)22-17-4-3-5-18-16(17)11-21-23(18)14-6-8-20-9-7-14/h6-11,17H,3-5H2,1-2H3,(H,22,24)/t17-/m1/s1. The highest BCUT2D eigenvalue weighted by atomic mass is 16.3. The topological polar surface area (TPSA) is 73.0 Å². The van der Waals surface area contributed by atoms with Gasteiger partial charge in [-0.25, -0.2) is 4.68 Å². The smallest absolute Gasteiger partial charge is 0.255 e. The zero-order valence-electron chi connectivity index (χ0n) is 14.3. The first-order chi connectivity index (χ1) is 12.1. The van der Waals surface area contributed by atoms with E-state index in [1.165, 1.54) is 0 Å². The van der Waals surface area contributed by atoms with E-state index in [9.17, 15) is 4.79 Å². The van der Waals surface area contributed by atoms with Crippen molar-refractivity contribution in [3.8, 4) is 5.69 Å². The summed E-state index contributed by atoms with van der Waals surface area (Å²) in [6.07, 6.45) is 8.26. The molecule has 6 nitrogen and oxygen atoms in total. The van der Waals surface area contributed by atoms with Gasteiger partial charge < -0.3 is 9.73 Å². The molecule has 4 rings (SSSR count). The van der Waals surface area contributed by atoms with Crippen LogP contribution in [0.4, 0.5) is 0 Å². The van der Waals surface area contributed by atoms with Gasteiger partial charge in [-0.2, -0.15) is 5.10 Å². The number of aryl methyl sites for hydroxylation is 2. The third-order valence-corrected chi connectivity index (χ3v) is 4.68. The molecule has 1 N–H and O–H groups in total. The predicted octanol–water partition coefficient (Wildman–Crippen LogP) is 3.28. The monoisotopic (exact) mass is 336 g/mol. The third-order valence-electron chi connectivity index (χ3n) is 4.68. The number of pyridine rings is 1. The minimum Gasteiger partial charge on any atom is -0.466 e. The molecule has 3 heterocycles. The zero-order valence-corrected chi connectivity index (χ0v) is 14.3. The highest BCUT2D eigenvalue weighted by Gasteiger charge is 2.27. The average Bonchev–Trinajstić information content (AvgIpc) is 3.19. The number of amides is 1. The van der Waals surface area contributed by atoms with Crippen molar-refractivity contribution < 1.29 is 9.21 Å². The number of hydrogen-bond acceptors (Lipinski definition) is 4. The van der Waals surface area contributed by atoms with Crippen molar-refractivity contribution in [1.82, 2.24) is 20.1 Å². The Kier molecular flexibility index (Phi) is 3.87. The van der Waals surface area contributed by atoms with Crippen LogP contribution < -0.4 is 5.32 Å². The van der Waals surface area contributed by atoms with Gasteiger partial charge in [0.2, 0.25) is 0 Å². The van der Waals surface area contributed by atoms with Gasteiger partial charge in [-0.1, -0.05) is 0 Å². The van der Waals surface area contributed by atoms with Crippen LogP contribution in [0.2, 0.25) is 0 Å². The van der Waals surface area contributed by atoms with Crippen LogP contribution in [0.15, 0.2) is 41.2 Å². The zero-order chi connectivity index (χ0) is 17.4. The second kappa shape index (κ2) is 6.20. The number of furan rings is 1. The summed E-state index contributed by atoms with van der Waals surface area (Å²) >= 11 is 0. The van der Waals surface area contributed by atoms with Crippen LogP contribution in [-0.2, 0) is 6.42 Å². The van der Waals surface area contributed by atoms with E-state index < -0.39 is 0 Å². The summed E-state index contributed by atoms with van der Waals surface area (Å²) in [6.45, 7) is 3.66. The van der Waals surface area contributed by atoms with Crippen LogP contribution in [0.5, 0.6) is 0 Å². The van der Waals surface area contributed by atoms with E-state index in [2.05, 4.69) is 15.4 Å². The van der Waals surface area contributed by atoms with Gasteiger partial charge in [-0.15, -0.1) is 0 Å². The fraction of sp³-hybridized carbons (Fsp3) is 0.316. The number of rotatable bonds is 3. The Labute approximate surface area is 145 Å². The number of hydrogen-bond donors (Lipinski definition) is 1. The summed E-state index contributed by atoms with van der Waals surface area (Å²) < 4.78 is 7.42. The lowest BCUT2D eigenvalue weighted by atomic mass is 9.92. The molecule has 0 saturated heterocycles. The molecule has 6 heteroatoms. The highest BCUT2D eigenvalue weighted by molar-refractivity contribution is 5.95. The number of carbonyl (C=O) groups excluding carboxylic acids is 1. The molecule has 0 radical (unpaired) electrons. The molecule has 25 heavy (non-hydrogen) atoms. The number of carbonyl (C=O) groups is 1. The number of aromatic nitrogens is 3. The summed E-state index contributed by atoms with van der Waals surface area (Å²) in [4.78, 5) is 16.7. The number of nitrogens with one attached hydrogen (secondary N) is 1. The van der Waals surface area contributed by atoms with Crippen molar-refractivity contribution in [2.24, 2.45) is 0 Å². The van der Waals surface area contributed by atoms with Crippen LogP contribution in [0.1, 0.15) is 52.0 Å². The van der Waals surface area contributed by atoms with Crippen molar-refractivity contribution in [1.29, 1.82) is 0 Å². The normalized spacial score (nSPS) is 16.5. The fourth-order valence-electron chi connectivity index (χ4n) is 3.51. The molecule has 128 valence electrons. The molecule has 0 saturated carbocycles. The van der Waals surface area contributed by atoms with Crippen molar-refractivity contribution in [3.63, 3.8) is 0 Å². The lowest BCUT2D eigenvalue weighted by Gasteiger charge is -2.24. The second-order valence-electron chi connectivity index (χ2n) is 6.41. The molecule has 1 aliphatic carbocycles. The van der Waals surface area contributed by atoms with Crippen LogP contribution >= 0.6 is 0 Å². The Hall–Kier alpha value is -2.89. The first-order valence-electron chi connectivity index (χ1n) is 8.48. The first-order valence-corrected chi connectivity index (χ1v) is 8.48.